The van der Waals surface area contributed by atoms with E-state index in [1.807, 2.05) is 31.2 Å². The molecule has 1 amide bonds. The van der Waals surface area contributed by atoms with Crippen molar-refractivity contribution in [3.8, 4) is 0 Å². The highest BCUT2D eigenvalue weighted by Gasteiger charge is 2.13. The third-order valence-electron chi connectivity index (χ3n) is 2.56. The van der Waals surface area contributed by atoms with E-state index in [9.17, 15) is 9.59 Å². The highest BCUT2D eigenvalue weighted by molar-refractivity contribution is 5.83. The number of para-hydroxylation sites is 1. The Bertz CT molecular complexity index is 432. The molecule has 0 bridgehead atoms. The summed E-state index contributed by atoms with van der Waals surface area (Å²) in [6, 6.07) is 6.93. The summed E-state index contributed by atoms with van der Waals surface area (Å²) in [5.74, 6) is -1.30. The number of hydrogen-bond acceptors (Lipinski definition) is 3. The minimum absolute atomic E-state index is 0.242. The van der Waals surface area contributed by atoms with Gasteiger partial charge in [-0.3, -0.25) is 9.59 Å². The number of hydrogen-bond donors (Lipinski definition) is 3. The van der Waals surface area contributed by atoms with Crippen LogP contribution in [0.5, 0.6) is 0 Å². The highest BCUT2D eigenvalue weighted by atomic mass is 16.4. The average Bonchev–Trinajstić information content (AvgIpc) is 2.31. The Hall–Kier alpha value is -2.04. The first-order chi connectivity index (χ1) is 8.50. The molecule has 0 aliphatic rings. The molecule has 0 aromatic heterocycles. The number of nitrogens with one attached hydrogen (secondary N) is 2. The second-order valence-electron chi connectivity index (χ2n) is 4.12. The number of carboxylic acids is 1. The second-order valence-corrected chi connectivity index (χ2v) is 4.12. The van der Waals surface area contributed by atoms with Gasteiger partial charge < -0.3 is 15.7 Å². The predicted octanol–water partition coefficient (Wildman–Crippen LogP) is 1.39. The number of benzene rings is 1. The van der Waals surface area contributed by atoms with Gasteiger partial charge in [-0.15, -0.1) is 0 Å². The molecule has 98 valence electrons. The number of carbonyl (C=O) groups excluding carboxylic acids is 1. The van der Waals surface area contributed by atoms with Crippen LogP contribution >= 0.6 is 0 Å². The van der Waals surface area contributed by atoms with E-state index in [2.05, 4.69) is 10.6 Å². The first kappa shape index (κ1) is 14.0. The number of amides is 1. The van der Waals surface area contributed by atoms with Crippen molar-refractivity contribution in [2.75, 3.05) is 11.9 Å². The Morgan fingerprint density at radius 3 is 2.61 bits per heavy atom. The van der Waals surface area contributed by atoms with Crippen LogP contribution in [0.25, 0.3) is 0 Å². The van der Waals surface area contributed by atoms with Gasteiger partial charge in [-0.2, -0.15) is 0 Å². The van der Waals surface area contributed by atoms with Gasteiger partial charge in [0.05, 0.1) is 0 Å². The SMILES string of the molecule is Cc1ccccc1NCCC(=O)N[C@H](C)C(=O)O. The molecule has 0 radical (unpaired) electrons. The molecule has 0 aliphatic heterocycles. The van der Waals surface area contributed by atoms with Gasteiger partial charge in [0.2, 0.25) is 5.91 Å². The van der Waals surface area contributed by atoms with E-state index >= 15 is 0 Å². The van der Waals surface area contributed by atoms with Crippen LogP contribution in [0.15, 0.2) is 24.3 Å². The molecule has 0 unspecified atom stereocenters. The van der Waals surface area contributed by atoms with Crippen LogP contribution in [0.1, 0.15) is 18.9 Å². The molecule has 1 rings (SSSR count). The fourth-order valence-electron chi connectivity index (χ4n) is 1.46. The van der Waals surface area contributed by atoms with Crippen molar-refractivity contribution in [2.45, 2.75) is 26.3 Å². The number of rotatable bonds is 6. The molecule has 5 nitrogen and oxygen atoms in total. The van der Waals surface area contributed by atoms with E-state index < -0.39 is 12.0 Å². The molecular weight excluding hydrogens is 232 g/mol. The van der Waals surface area contributed by atoms with Crippen LogP contribution in [0, 0.1) is 6.92 Å². The highest BCUT2D eigenvalue weighted by Crippen LogP contribution is 2.12. The monoisotopic (exact) mass is 250 g/mol. The molecule has 5 heteroatoms. The summed E-state index contributed by atoms with van der Waals surface area (Å²) in [6.45, 7) is 3.90. The summed E-state index contributed by atoms with van der Waals surface area (Å²) < 4.78 is 0. The van der Waals surface area contributed by atoms with Gasteiger partial charge in [-0.05, 0) is 25.5 Å². The van der Waals surface area contributed by atoms with Crippen LogP contribution < -0.4 is 10.6 Å². The number of aliphatic carboxylic acids is 1. The maximum absolute atomic E-state index is 11.4. The number of carboxylic acid groups (broad SMARTS) is 1. The van der Waals surface area contributed by atoms with Crippen molar-refractivity contribution in [3.05, 3.63) is 29.8 Å². The zero-order valence-electron chi connectivity index (χ0n) is 10.6. The zero-order valence-corrected chi connectivity index (χ0v) is 10.6. The van der Waals surface area contributed by atoms with Crippen LogP contribution in [-0.2, 0) is 9.59 Å². The normalized spacial score (nSPS) is 11.7. The van der Waals surface area contributed by atoms with Crippen LogP contribution in [0.2, 0.25) is 0 Å². The third kappa shape index (κ3) is 4.45. The van der Waals surface area contributed by atoms with Gasteiger partial charge >= 0.3 is 5.97 Å². The van der Waals surface area contributed by atoms with Crippen molar-refractivity contribution in [3.63, 3.8) is 0 Å². The van der Waals surface area contributed by atoms with Gasteiger partial charge in [0.15, 0.2) is 0 Å². The van der Waals surface area contributed by atoms with Crippen LogP contribution in [-0.4, -0.2) is 29.6 Å². The standard InChI is InChI=1S/C13H18N2O3/c1-9-5-3-4-6-11(9)14-8-7-12(16)15-10(2)13(17)18/h3-6,10,14H,7-8H2,1-2H3,(H,15,16)(H,17,18)/t10-/m1/s1. The maximum atomic E-state index is 11.4. The van der Waals surface area contributed by atoms with E-state index in [1.54, 1.807) is 0 Å². The Morgan fingerprint density at radius 1 is 1.33 bits per heavy atom. The van der Waals surface area contributed by atoms with Gasteiger partial charge in [0, 0.05) is 18.7 Å². The molecule has 3 N–H and O–H groups in total. The molecule has 1 aromatic rings. The third-order valence-corrected chi connectivity index (χ3v) is 2.56. The summed E-state index contributed by atoms with van der Waals surface area (Å²) in [5.41, 5.74) is 2.09. The van der Waals surface area contributed by atoms with Gasteiger partial charge in [0.1, 0.15) is 6.04 Å². The van der Waals surface area contributed by atoms with E-state index in [4.69, 9.17) is 5.11 Å². The van der Waals surface area contributed by atoms with Gasteiger partial charge in [-0.1, -0.05) is 18.2 Å². The minimum Gasteiger partial charge on any atom is -0.480 e. The van der Waals surface area contributed by atoms with Crippen molar-refractivity contribution >= 4 is 17.6 Å². The lowest BCUT2D eigenvalue weighted by atomic mass is 10.2. The van der Waals surface area contributed by atoms with Crippen molar-refractivity contribution in [1.82, 2.24) is 5.32 Å². The maximum Gasteiger partial charge on any atom is 0.325 e. The summed E-state index contributed by atoms with van der Waals surface area (Å²) >= 11 is 0. The summed E-state index contributed by atoms with van der Waals surface area (Å²) in [7, 11) is 0. The van der Waals surface area contributed by atoms with Crippen molar-refractivity contribution in [1.29, 1.82) is 0 Å². The zero-order chi connectivity index (χ0) is 13.5. The van der Waals surface area contributed by atoms with Crippen LogP contribution in [0.3, 0.4) is 0 Å². The van der Waals surface area contributed by atoms with E-state index in [-0.39, 0.29) is 12.3 Å². The molecule has 0 aliphatic carbocycles. The summed E-state index contributed by atoms with van der Waals surface area (Å²) in [5, 5.41) is 14.2. The smallest absolute Gasteiger partial charge is 0.325 e. The Morgan fingerprint density at radius 2 is 2.00 bits per heavy atom. The summed E-state index contributed by atoms with van der Waals surface area (Å²) in [6.07, 6.45) is 0.242. The Balaban J connectivity index is 2.32. The predicted molar refractivity (Wildman–Crippen MR) is 69.5 cm³/mol. The molecule has 1 aromatic carbocycles. The number of aryl methyl sites for hydroxylation is 1. The lowest BCUT2D eigenvalue weighted by molar-refractivity contribution is -0.141. The first-order valence-electron chi connectivity index (χ1n) is 5.82. The van der Waals surface area contributed by atoms with Gasteiger partial charge in [-0.25, -0.2) is 0 Å². The second kappa shape index (κ2) is 6.64. The largest absolute Gasteiger partial charge is 0.480 e. The molecular formula is C13H18N2O3. The van der Waals surface area contributed by atoms with Crippen LogP contribution in [0.4, 0.5) is 5.69 Å². The Labute approximate surface area is 106 Å². The molecule has 18 heavy (non-hydrogen) atoms. The number of carbonyl (C=O) groups is 2. The fourth-order valence-corrected chi connectivity index (χ4v) is 1.46. The molecule has 0 saturated heterocycles. The molecule has 1 atom stereocenters. The first-order valence-corrected chi connectivity index (χ1v) is 5.82. The molecule has 0 saturated carbocycles. The number of anilines is 1. The lowest BCUT2D eigenvalue weighted by Crippen LogP contribution is -2.38. The van der Waals surface area contributed by atoms with Gasteiger partial charge in [0.25, 0.3) is 0 Å². The molecule has 0 heterocycles. The Kier molecular flexibility index (Phi) is 5.17. The van der Waals surface area contributed by atoms with Crippen molar-refractivity contribution < 1.29 is 14.7 Å². The molecule has 0 spiro atoms. The fraction of sp³-hybridized carbons (Fsp3) is 0.385. The topological polar surface area (TPSA) is 78.4 Å². The quantitative estimate of drug-likeness (QED) is 0.713. The van der Waals surface area contributed by atoms with E-state index in [1.165, 1.54) is 6.92 Å². The summed E-state index contributed by atoms with van der Waals surface area (Å²) in [4.78, 5) is 22.0. The lowest BCUT2D eigenvalue weighted by Gasteiger charge is -2.11. The minimum atomic E-state index is -1.03. The average molecular weight is 250 g/mol. The van der Waals surface area contributed by atoms with E-state index in [0.29, 0.717) is 6.54 Å². The van der Waals surface area contributed by atoms with E-state index in [0.717, 1.165) is 11.3 Å². The molecule has 0 fully saturated rings. The van der Waals surface area contributed by atoms with Crippen molar-refractivity contribution in [2.24, 2.45) is 0 Å².